The second-order valence-corrected chi connectivity index (χ2v) is 4.39. The number of nitrogens with zero attached hydrogens (tertiary/aromatic N) is 4. The van der Waals surface area contributed by atoms with E-state index in [0.717, 1.165) is 10.9 Å². The molecular formula is C14H13N5O2. The molecule has 0 aliphatic rings. The van der Waals surface area contributed by atoms with Crippen LogP contribution in [-0.4, -0.2) is 32.3 Å². The van der Waals surface area contributed by atoms with Crippen LogP contribution in [-0.2, 0) is 6.54 Å². The number of hydrogen-bond donors (Lipinski definition) is 1. The van der Waals surface area contributed by atoms with Gasteiger partial charge in [0.1, 0.15) is 12.3 Å². The van der Waals surface area contributed by atoms with Crippen LogP contribution in [0.25, 0.3) is 10.9 Å². The summed E-state index contributed by atoms with van der Waals surface area (Å²) >= 11 is 0. The van der Waals surface area contributed by atoms with Crippen molar-refractivity contribution < 1.29 is 9.53 Å². The lowest BCUT2D eigenvalue weighted by Crippen LogP contribution is -2.14. The first kappa shape index (κ1) is 13.0. The first-order valence-corrected chi connectivity index (χ1v) is 6.40. The summed E-state index contributed by atoms with van der Waals surface area (Å²) in [5.41, 5.74) is 6.20. The zero-order chi connectivity index (χ0) is 14.7. The summed E-state index contributed by atoms with van der Waals surface area (Å²) in [6, 6.07) is 9.56. The van der Waals surface area contributed by atoms with Gasteiger partial charge in [-0.15, -0.1) is 0 Å². The van der Waals surface area contributed by atoms with Crippen molar-refractivity contribution in [1.82, 2.24) is 19.7 Å². The largest absolute Gasteiger partial charge is 0.461 e. The predicted octanol–water partition coefficient (Wildman–Crippen LogP) is 1.00. The summed E-state index contributed by atoms with van der Waals surface area (Å²) in [5, 5.41) is 4.97. The number of rotatable bonds is 5. The maximum Gasteiger partial charge on any atom is 0.316 e. The van der Waals surface area contributed by atoms with Gasteiger partial charge in [-0.05, 0) is 12.1 Å². The van der Waals surface area contributed by atoms with Crippen LogP contribution >= 0.6 is 0 Å². The van der Waals surface area contributed by atoms with E-state index in [1.807, 2.05) is 24.3 Å². The van der Waals surface area contributed by atoms with E-state index in [2.05, 4.69) is 15.1 Å². The van der Waals surface area contributed by atoms with E-state index in [1.165, 1.54) is 0 Å². The van der Waals surface area contributed by atoms with Crippen molar-refractivity contribution in [2.75, 3.05) is 6.61 Å². The highest BCUT2D eigenvalue weighted by atomic mass is 16.5. The van der Waals surface area contributed by atoms with Gasteiger partial charge in [-0.2, -0.15) is 10.1 Å². The van der Waals surface area contributed by atoms with Crippen LogP contribution in [0.5, 0.6) is 6.01 Å². The molecule has 0 aliphatic heterocycles. The molecule has 7 heteroatoms. The van der Waals surface area contributed by atoms with Crippen LogP contribution in [0.3, 0.4) is 0 Å². The molecule has 3 aromatic rings. The van der Waals surface area contributed by atoms with Crippen LogP contribution in [0.2, 0.25) is 0 Å². The van der Waals surface area contributed by atoms with Gasteiger partial charge in [0, 0.05) is 17.8 Å². The topological polar surface area (TPSA) is 95.9 Å². The zero-order valence-electron chi connectivity index (χ0n) is 11.1. The summed E-state index contributed by atoms with van der Waals surface area (Å²) in [5.74, 6) is -0.549. The second-order valence-electron chi connectivity index (χ2n) is 4.39. The smallest absolute Gasteiger partial charge is 0.316 e. The molecule has 1 aromatic carbocycles. The van der Waals surface area contributed by atoms with Crippen molar-refractivity contribution >= 4 is 16.8 Å². The van der Waals surface area contributed by atoms with Crippen molar-refractivity contribution in [3.8, 4) is 6.01 Å². The number of hydrogen-bond acceptors (Lipinski definition) is 5. The predicted molar refractivity (Wildman–Crippen MR) is 75.8 cm³/mol. The normalized spacial score (nSPS) is 10.7. The SMILES string of the molecule is NC(=O)c1ccn(CCOc2ncc3ccccc3n2)n1. The number of carbonyl (C=O) groups is 1. The van der Waals surface area contributed by atoms with Gasteiger partial charge in [0.15, 0.2) is 0 Å². The molecule has 2 N–H and O–H groups in total. The number of ether oxygens (including phenoxy) is 1. The Labute approximate surface area is 120 Å². The highest BCUT2D eigenvalue weighted by molar-refractivity contribution is 5.90. The van der Waals surface area contributed by atoms with Crippen molar-refractivity contribution in [3.63, 3.8) is 0 Å². The number of primary amides is 1. The molecule has 0 unspecified atom stereocenters. The lowest BCUT2D eigenvalue weighted by atomic mass is 10.2. The van der Waals surface area contributed by atoms with Gasteiger partial charge in [-0.3, -0.25) is 9.48 Å². The molecule has 3 rings (SSSR count). The number of aromatic nitrogens is 4. The molecule has 1 amide bonds. The molecular weight excluding hydrogens is 270 g/mol. The van der Waals surface area contributed by atoms with Crippen molar-refractivity contribution in [2.24, 2.45) is 5.73 Å². The van der Waals surface area contributed by atoms with Crippen molar-refractivity contribution in [2.45, 2.75) is 6.54 Å². The summed E-state index contributed by atoms with van der Waals surface area (Å²) in [6.45, 7) is 0.821. The Morgan fingerprint density at radius 3 is 2.95 bits per heavy atom. The van der Waals surface area contributed by atoms with Crippen LogP contribution in [0, 0.1) is 0 Å². The lowest BCUT2D eigenvalue weighted by molar-refractivity contribution is 0.0994. The minimum absolute atomic E-state index is 0.233. The molecule has 2 aromatic heterocycles. The highest BCUT2D eigenvalue weighted by Crippen LogP contribution is 2.12. The standard InChI is InChI=1S/C14H13N5O2/c15-13(20)12-5-6-19(18-12)7-8-21-14-16-9-10-3-1-2-4-11(10)17-14/h1-6,9H,7-8H2,(H2,15,20). The van der Waals surface area contributed by atoms with E-state index in [0.29, 0.717) is 19.2 Å². The van der Waals surface area contributed by atoms with Gasteiger partial charge < -0.3 is 10.5 Å². The van der Waals surface area contributed by atoms with Gasteiger partial charge in [0.25, 0.3) is 5.91 Å². The van der Waals surface area contributed by atoms with Crippen LogP contribution in [0.15, 0.2) is 42.7 Å². The van der Waals surface area contributed by atoms with Crippen LogP contribution in [0.1, 0.15) is 10.5 Å². The van der Waals surface area contributed by atoms with E-state index in [9.17, 15) is 4.79 Å². The highest BCUT2D eigenvalue weighted by Gasteiger charge is 2.05. The van der Waals surface area contributed by atoms with E-state index in [-0.39, 0.29) is 5.69 Å². The molecule has 2 heterocycles. The number of para-hydroxylation sites is 1. The van der Waals surface area contributed by atoms with E-state index < -0.39 is 5.91 Å². The molecule has 0 saturated heterocycles. The molecule has 0 bridgehead atoms. The van der Waals surface area contributed by atoms with Gasteiger partial charge in [-0.25, -0.2) is 4.98 Å². The number of fused-ring (bicyclic) bond motifs is 1. The fourth-order valence-corrected chi connectivity index (χ4v) is 1.87. The number of benzene rings is 1. The van der Waals surface area contributed by atoms with Gasteiger partial charge >= 0.3 is 6.01 Å². The second kappa shape index (κ2) is 5.58. The number of nitrogens with two attached hydrogens (primary N) is 1. The Morgan fingerprint density at radius 2 is 2.14 bits per heavy atom. The fourth-order valence-electron chi connectivity index (χ4n) is 1.87. The Balaban J connectivity index is 1.62. The Bertz CT molecular complexity index is 784. The van der Waals surface area contributed by atoms with Crippen molar-refractivity contribution in [1.29, 1.82) is 0 Å². The summed E-state index contributed by atoms with van der Waals surface area (Å²) in [7, 11) is 0. The fraction of sp³-hybridized carbons (Fsp3) is 0.143. The number of carbonyl (C=O) groups excluding carboxylic acids is 1. The first-order chi connectivity index (χ1) is 10.2. The summed E-state index contributed by atoms with van der Waals surface area (Å²) < 4.78 is 7.07. The minimum Gasteiger partial charge on any atom is -0.461 e. The lowest BCUT2D eigenvalue weighted by Gasteiger charge is -2.05. The molecule has 7 nitrogen and oxygen atoms in total. The average molecular weight is 283 g/mol. The molecule has 0 radical (unpaired) electrons. The summed E-state index contributed by atoms with van der Waals surface area (Å²) in [6.07, 6.45) is 3.39. The molecule has 0 atom stereocenters. The quantitative estimate of drug-likeness (QED) is 0.753. The van der Waals surface area contributed by atoms with Gasteiger partial charge in [0.05, 0.1) is 12.1 Å². The molecule has 106 valence electrons. The summed E-state index contributed by atoms with van der Waals surface area (Å²) in [4.78, 5) is 19.4. The van der Waals surface area contributed by atoms with Crippen LogP contribution in [0.4, 0.5) is 0 Å². The number of amides is 1. The Kier molecular flexibility index (Phi) is 3.46. The van der Waals surface area contributed by atoms with E-state index >= 15 is 0 Å². The minimum atomic E-state index is -0.549. The Morgan fingerprint density at radius 1 is 1.29 bits per heavy atom. The molecule has 0 fully saturated rings. The third-order valence-electron chi connectivity index (χ3n) is 2.91. The molecule has 0 saturated carbocycles. The molecule has 0 spiro atoms. The maximum atomic E-state index is 10.9. The molecule has 21 heavy (non-hydrogen) atoms. The van der Waals surface area contributed by atoms with E-state index in [1.54, 1.807) is 23.1 Å². The average Bonchev–Trinajstić information content (AvgIpc) is 2.96. The zero-order valence-corrected chi connectivity index (χ0v) is 11.1. The third-order valence-corrected chi connectivity index (χ3v) is 2.91. The third kappa shape index (κ3) is 2.97. The van der Waals surface area contributed by atoms with Crippen molar-refractivity contribution in [3.05, 3.63) is 48.4 Å². The van der Waals surface area contributed by atoms with Gasteiger partial charge in [-0.1, -0.05) is 18.2 Å². The van der Waals surface area contributed by atoms with Gasteiger partial charge in [0.2, 0.25) is 0 Å². The monoisotopic (exact) mass is 283 g/mol. The molecule has 0 aliphatic carbocycles. The Hall–Kier alpha value is -2.96. The first-order valence-electron chi connectivity index (χ1n) is 6.40. The maximum absolute atomic E-state index is 10.9. The van der Waals surface area contributed by atoms with Crippen LogP contribution < -0.4 is 10.5 Å². The van der Waals surface area contributed by atoms with E-state index in [4.69, 9.17) is 10.5 Å².